The molecule has 0 atom stereocenters. The molecule has 1 aromatic carbocycles. The lowest BCUT2D eigenvalue weighted by Gasteiger charge is -2.35. The molecule has 1 aromatic heterocycles. The number of piperidine rings is 1. The van der Waals surface area contributed by atoms with Gasteiger partial charge in [0.25, 0.3) is 0 Å². The monoisotopic (exact) mass is 367 g/mol. The number of nitrogens with zero attached hydrogens (tertiary/aromatic N) is 3. The van der Waals surface area contributed by atoms with E-state index in [9.17, 15) is 9.59 Å². The highest BCUT2D eigenvalue weighted by Gasteiger charge is 2.31. The predicted molar refractivity (Wildman–Crippen MR) is 102 cm³/mol. The summed E-state index contributed by atoms with van der Waals surface area (Å²) >= 11 is 0. The average Bonchev–Trinajstić information content (AvgIpc) is 2.67. The molecule has 6 heteroatoms. The number of likely N-dealkylation sites (tertiary alicyclic amines) is 1. The Morgan fingerprint density at radius 1 is 1.07 bits per heavy atom. The highest BCUT2D eigenvalue weighted by atomic mass is 16.4. The summed E-state index contributed by atoms with van der Waals surface area (Å²) in [5.74, 6) is -0.475. The average molecular weight is 367 g/mol. The van der Waals surface area contributed by atoms with E-state index in [-0.39, 0.29) is 22.8 Å². The lowest BCUT2D eigenvalue weighted by atomic mass is 9.90. The Labute approximate surface area is 159 Å². The number of hydrogen-bond acceptors (Lipinski definition) is 4. The van der Waals surface area contributed by atoms with E-state index >= 15 is 0 Å². The number of aromatic nitrogens is 2. The first kappa shape index (κ1) is 19.0. The molecule has 3 rings (SSSR count). The van der Waals surface area contributed by atoms with E-state index in [1.807, 2.05) is 25.7 Å². The van der Waals surface area contributed by atoms with Crippen LogP contribution in [0.15, 0.2) is 36.7 Å². The molecule has 0 radical (unpaired) electrons. The summed E-state index contributed by atoms with van der Waals surface area (Å²) in [5.41, 5.74) is 2.40. The smallest absolute Gasteiger partial charge is 0.335 e. The van der Waals surface area contributed by atoms with E-state index in [2.05, 4.69) is 4.98 Å². The van der Waals surface area contributed by atoms with Crippen molar-refractivity contribution in [3.05, 3.63) is 47.9 Å². The minimum absolute atomic E-state index is 0.194. The van der Waals surface area contributed by atoms with Crippen LogP contribution in [0.4, 0.5) is 0 Å². The Morgan fingerprint density at radius 3 is 2.26 bits per heavy atom. The number of carboxylic acid groups (broad SMARTS) is 1. The second-order valence-electron chi connectivity index (χ2n) is 8.03. The van der Waals surface area contributed by atoms with Crippen LogP contribution < -0.4 is 0 Å². The lowest BCUT2D eigenvalue weighted by molar-refractivity contribution is -0.140. The van der Waals surface area contributed by atoms with Crippen molar-refractivity contribution >= 4 is 11.9 Å². The lowest BCUT2D eigenvalue weighted by Crippen LogP contribution is -2.43. The fraction of sp³-hybridized carbons (Fsp3) is 0.429. The van der Waals surface area contributed by atoms with E-state index in [1.54, 1.807) is 36.7 Å². The minimum Gasteiger partial charge on any atom is -0.478 e. The second kappa shape index (κ2) is 7.47. The maximum absolute atomic E-state index is 12.4. The number of carbonyl (C=O) groups excluding carboxylic acids is 1. The minimum atomic E-state index is -0.946. The Hall–Kier alpha value is -2.76. The van der Waals surface area contributed by atoms with Crippen LogP contribution >= 0.6 is 0 Å². The molecular formula is C21H25N3O3. The summed E-state index contributed by atoms with van der Waals surface area (Å²) in [6.45, 7) is 7.32. The molecule has 0 aliphatic carbocycles. The fourth-order valence-corrected chi connectivity index (χ4v) is 3.35. The highest BCUT2D eigenvalue weighted by molar-refractivity contribution is 5.88. The summed E-state index contributed by atoms with van der Waals surface area (Å²) in [6, 6.07) is 6.65. The molecule has 1 saturated heterocycles. The van der Waals surface area contributed by atoms with Crippen molar-refractivity contribution in [3.63, 3.8) is 0 Å². The van der Waals surface area contributed by atoms with Crippen LogP contribution in [0.1, 0.15) is 55.6 Å². The topological polar surface area (TPSA) is 83.4 Å². The van der Waals surface area contributed by atoms with Gasteiger partial charge in [0.05, 0.1) is 23.1 Å². The molecule has 2 heterocycles. The van der Waals surface area contributed by atoms with Gasteiger partial charge in [-0.3, -0.25) is 9.78 Å². The number of carboxylic acids is 1. The van der Waals surface area contributed by atoms with Crippen LogP contribution in [0.2, 0.25) is 0 Å². The number of hydrogen-bond donors (Lipinski definition) is 1. The summed E-state index contributed by atoms with van der Waals surface area (Å²) in [4.78, 5) is 34.4. The van der Waals surface area contributed by atoms with Gasteiger partial charge in [0.2, 0.25) is 5.91 Å². The van der Waals surface area contributed by atoms with E-state index in [1.165, 1.54) is 0 Å². The zero-order chi connectivity index (χ0) is 19.6. The van der Waals surface area contributed by atoms with Gasteiger partial charge < -0.3 is 10.0 Å². The van der Waals surface area contributed by atoms with E-state index in [0.717, 1.165) is 42.9 Å². The third-order valence-corrected chi connectivity index (χ3v) is 4.92. The van der Waals surface area contributed by atoms with Crippen LogP contribution in [-0.2, 0) is 4.79 Å². The highest BCUT2D eigenvalue weighted by Crippen LogP contribution is 2.30. The Balaban J connectivity index is 1.71. The largest absolute Gasteiger partial charge is 0.478 e. The first-order valence-electron chi connectivity index (χ1n) is 9.21. The number of benzene rings is 1. The van der Waals surface area contributed by atoms with Gasteiger partial charge in [0.15, 0.2) is 0 Å². The number of amides is 1. The van der Waals surface area contributed by atoms with E-state index < -0.39 is 5.97 Å². The van der Waals surface area contributed by atoms with Crippen molar-refractivity contribution < 1.29 is 14.7 Å². The molecule has 1 aliphatic heterocycles. The van der Waals surface area contributed by atoms with E-state index in [4.69, 9.17) is 10.1 Å². The Kier molecular flexibility index (Phi) is 5.26. The summed E-state index contributed by atoms with van der Waals surface area (Å²) in [5, 5.41) is 9.02. The quantitative estimate of drug-likeness (QED) is 0.896. The SMILES string of the molecule is CC(C)(C)C(=O)N1CCC(c2cncc(-c3ccc(C(=O)O)cc3)n2)CC1. The third-order valence-electron chi connectivity index (χ3n) is 4.92. The molecule has 2 aromatic rings. The van der Waals surface area contributed by atoms with Gasteiger partial charge in [0, 0.05) is 36.2 Å². The molecule has 6 nitrogen and oxygen atoms in total. The maximum Gasteiger partial charge on any atom is 0.335 e. The van der Waals surface area contributed by atoms with Gasteiger partial charge in [-0.25, -0.2) is 9.78 Å². The molecule has 0 spiro atoms. The van der Waals surface area contributed by atoms with Crippen LogP contribution in [0.5, 0.6) is 0 Å². The van der Waals surface area contributed by atoms with Gasteiger partial charge in [-0.05, 0) is 25.0 Å². The number of aromatic carboxylic acids is 1. The van der Waals surface area contributed by atoms with Crippen LogP contribution in [0.3, 0.4) is 0 Å². The number of carbonyl (C=O) groups is 2. The first-order chi connectivity index (χ1) is 12.8. The Morgan fingerprint density at radius 2 is 1.70 bits per heavy atom. The molecule has 1 aliphatic rings. The first-order valence-corrected chi connectivity index (χ1v) is 9.21. The van der Waals surface area contributed by atoms with Crippen molar-refractivity contribution in [1.82, 2.24) is 14.9 Å². The Bertz CT molecular complexity index is 832. The summed E-state index contributed by atoms with van der Waals surface area (Å²) in [6.07, 6.45) is 5.23. The predicted octanol–water partition coefficient (Wildman–Crippen LogP) is 3.59. The fourth-order valence-electron chi connectivity index (χ4n) is 3.35. The van der Waals surface area contributed by atoms with Crippen LogP contribution in [-0.4, -0.2) is 44.9 Å². The molecule has 27 heavy (non-hydrogen) atoms. The van der Waals surface area contributed by atoms with Crippen molar-refractivity contribution in [2.24, 2.45) is 5.41 Å². The van der Waals surface area contributed by atoms with Crippen LogP contribution in [0, 0.1) is 5.41 Å². The van der Waals surface area contributed by atoms with E-state index in [0.29, 0.717) is 0 Å². The zero-order valence-electron chi connectivity index (χ0n) is 16.0. The van der Waals surface area contributed by atoms with Crippen molar-refractivity contribution in [3.8, 4) is 11.3 Å². The zero-order valence-corrected chi connectivity index (χ0v) is 16.0. The van der Waals surface area contributed by atoms with Gasteiger partial charge in [-0.1, -0.05) is 32.9 Å². The molecule has 142 valence electrons. The maximum atomic E-state index is 12.4. The third kappa shape index (κ3) is 4.32. The second-order valence-corrected chi connectivity index (χ2v) is 8.03. The molecule has 1 fully saturated rings. The van der Waals surface area contributed by atoms with Crippen LogP contribution in [0.25, 0.3) is 11.3 Å². The van der Waals surface area contributed by atoms with Crippen molar-refractivity contribution in [1.29, 1.82) is 0 Å². The van der Waals surface area contributed by atoms with Gasteiger partial charge in [0.1, 0.15) is 0 Å². The standard InChI is InChI=1S/C21H25N3O3/c1-21(2,3)20(27)24-10-8-15(9-11-24)18-13-22-12-17(23-18)14-4-6-16(7-5-14)19(25)26/h4-7,12-13,15H,8-11H2,1-3H3,(H,25,26). The molecule has 0 saturated carbocycles. The molecule has 1 amide bonds. The summed E-state index contributed by atoms with van der Waals surface area (Å²) in [7, 11) is 0. The molecular weight excluding hydrogens is 342 g/mol. The molecule has 0 unspecified atom stereocenters. The molecule has 1 N–H and O–H groups in total. The number of rotatable bonds is 3. The van der Waals surface area contributed by atoms with Crippen molar-refractivity contribution in [2.45, 2.75) is 39.5 Å². The van der Waals surface area contributed by atoms with Gasteiger partial charge in [-0.2, -0.15) is 0 Å². The van der Waals surface area contributed by atoms with Crippen molar-refractivity contribution in [2.75, 3.05) is 13.1 Å². The normalized spacial score (nSPS) is 15.6. The molecule has 0 bridgehead atoms. The van der Waals surface area contributed by atoms with Gasteiger partial charge in [-0.15, -0.1) is 0 Å². The summed E-state index contributed by atoms with van der Waals surface area (Å²) < 4.78 is 0. The van der Waals surface area contributed by atoms with Gasteiger partial charge >= 0.3 is 5.97 Å².